The van der Waals surface area contributed by atoms with Crippen LogP contribution in [0, 0.1) is 5.92 Å². The molecule has 0 atom stereocenters. The Kier molecular flexibility index (Phi) is 5.18. The predicted octanol–water partition coefficient (Wildman–Crippen LogP) is 2.59. The van der Waals surface area contributed by atoms with Gasteiger partial charge in [-0.2, -0.15) is 8.42 Å². The van der Waals surface area contributed by atoms with E-state index < -0.39 is 10.4 Å². The van der Waals surface area contributed by atoms with Gasteiger partial charge in [-0.05, 0) is 29.9 Å². The van der Waals surface area contributed by atoms with Gasteiger partial charge in [0.05, 0.1) is 5.71 Å². The first-order valence-corrected chi connectivity index (χ1v) is 7.81. The summed E-state index contributed by atoms with van der Waals surface area (Å²) in [5.74, 6) is -0.0353. The van der Waals surface area contributed by atoms with Crippen LogP contribution in [0.1, 0.15) is 19.4 Å². The minimum absolute atomic E-state index is 0.0353. The summed E-state index contributed by atoms with van der Waals surface area (Å²) < 4.78 is 33.6. The number of hydrogen-bond donors (Lipinski definition) is 1. The van der Waals surface area contributed by atoms with Gasteiger partial charge in [-0.25, -0.2) is 4.28 Å². The summed E-state index contributed by atoms with van der Waals surface area (Å²) >= 11 is 1.61. The van der Waals surface area contributed by atoms with Crippen LogP contribution in [0.15, 0.2) is 34.3 Å². The summed E-state index contributed by atoms with van der Waals surface area (Å²) in [4.78, 5) is 1.09. The zero-order valence-electron chi connectivity index (χ0n) is 10.3. The van der Waals surface area contributed by atoms with Crippen LogP contribution in [0.2, 0.25) is 0 Å². The van der Waals surface area contributed by atoms with Gasteiger partial charge in [-0.1, -0.05) is 31.1 Å². The molecule has 0 amide bonds. The van der Waals surface area contributed by atoms with Crippen molar-refractivity contribution in [2.45, 2.75) is 18.7 Å². The maximum atomic E-state index is 10.5. The first kappa shape index (κ1) is 15.0. The SMILES string of the molecule is CSc1ccc(C(=NOS(=O)(=O)O)C(C)C)cc1. The summed E-state index contributed by atoms with van der Waals surface area (Å²) in [6.45, 7) is 3.71. The normalized spacial score (nSPS) is 12.8. The second-order valence-corrected chi connectivity index (χ2v) is 5.75. The van der Waals surface area contributed by atoms with Gasteiger partial charge in [0.25, 0.3) is 0 Å². The molecule has 1 aromatic rings. The third-order valence-corrected chi connectivity index (χ3v) is 3.17. The molecule has 0 bridgehead atoms. The lowest BCUT2D eigenvalue weighted by atomic mass is 10.0. The lowest BCUT2D eigenvalue weighted by Gasteiger charge is -2.09. The fourth-order valence-electron chi connectivity index (χ4n) is 1.34. The van der Waals surface area contributed by atoms with E-state index in [-0.39, 0.29) is 5.92 Å². The van der Waals surface area contributed by atoms with Crippen molar-refractivity contribution in [2.24, 2.45) is 11.1 Å². The Hall–Kier alpha value is -1.05. The van der Waals surface area contributed by atoms with Gasteiger partial charge in [-0.3, -0.25) is 4.55 Å². The van der Waals surface area contributed by atoms with Crippen LogP contribution in [-0.4, -0.2) is 24.9 Å². The van der Waals surface area contributed by atoms with E-state index in [1.807, 2.05) is 44.4 Å². The van der Waals surface area contributed by atoms with E-state index in [1.165, 1.54) is 0 Å². The molecular formula is C11H15NO4S2. The van der Waals surface area contributed by atoms with Crippen molar-refractivity contribution in [2.75, 3.05) is 6.26 Å². The fraction of sp³-hybridized carbons (Fsp3) is 0.364. The van der Waals surface area contributed by atoms with Gasteiger partial charge >= 0.3 is 10.4 Å². The second-order valence-electron chi connectivity index (χ2n) is 3.86. The minimum atomic E-state index is -4.57. The molecule has 0 unspecified atom stereocenters. The zero-order chi connectivity index (χ0) is 13.8. The highest BCUT2D eigenvalue weighted by Crippen LogP contribution is 2.17. The van der Waals surface area contributed by atoms with Crippen LogP contribution in [0.25, 0.3) is 0 Å². The summed E-state index contributed by atoms with van der Waals surface area (Å²) in [5.41, 5.74) is 1.21. The standard InChI is InChI=1S/C11H15NO4S2/c1-8(2)11(12-16-18(13,14)15)9-4-6-10(17-3)7-5-9/h4-8H,1-3H3,(H,13,14,15). The Balaban J connectivity index is 3.04. The molecule has 0 aliphatic carbocycles. The van der Waals surface area contributed by atoms with Crippen LogP contribution in [0.4, 0.5) is 0 Å². The Labute approximate surface area is 111 Å². The van der Waals surface area contributed by atoms with E-state index in [2.05, 4.69) is 9.44 Å². The Morgan fingerprint density at radius 1 is 1.33 bits per heavy atom. The molecule has 0 fully saturated rings. The maximum Gasteiger partial charge on any atom is 0.466 e. The Bertz CT molecular complexity index is 520. The maximum absolute atomic E-state index is 10.5. The van der Waals surface area contributed by atoms with Crippen molar-refractivity contribution in [1.82, 2.24) is 0 Å². The molecule has 0 radical (unpaired) electrons. The first-order chi connectivity index (χ1) is 8.33. The summed E-state index contributed by atoms with van der Waals surface area (Å²) in [6, 6.07) is 7.48. The molecule has 0 aliphatic rings. The van der Waals surface area contributed by atoms with Crippen LogP contribution < -0.4 is 0 Å². The van der Waals surface area contributed by atoms with Crippen LogP contribution in [0.5, 0.6) is 0 Å². The van der Waals surface area contributed by atoms with E-state index >= 15 is 0 Å². The number of thioether (sulfide) groups is 1. The predicted molar refractivity (Wildman–Crippen MR) is 72.2 cm³/mol. The quantitative estimate of drug-likeness (QED) is 0.390. The van der Waals surface area contributed by atoms with Crippen molar-refractivity contribution < 1.29 is 17.3 Å². The summed E-state index contributed by atoms with van der Waals surface area (Å²) in [7, 11) is -4.57. The summed E-state index contributed by atoms with van der Waals surface area (Å²) in [5, 5.41) is 3.49. The van der Waals surface area contributed by atoms with Gasteiger partial charge in [0.15, 0.2) is 0 Å². The average Bonchev–Trinajstić information content (AvgIpc) is 2.28. The molecule has 0 spiro atoms. The average molecular weight is 289 g/mol. The van der Waals surface area contributed by atoms with Crippen LogP contribution in [-0.2, 0) is 14.7 Å². The molecule has 0 heterocycles. The molecule has 100 valence electrons. The molecular weight excluding hydrogens is 274 g/mol. The molecule has 1 N–H and O–H groups in total. The van der Waals surface area contributed by atoms with E-state index in [4.69, 9.17) is 4.55 Å². The van der Waals surface area contributed by atoms with Crippen LogP contribution in [0.3, 0.4) is 0 Å². The van der Waals surface area contributed by atoms with Crippen molar-refractivity contribution in [3.63, 3.8) is 0 Å². The van der Waals surface area contributed by atoms with E-state index in [0.29, 0.717) is 5.71 Å². The number of nitrogens with zero attached hydrogens (tertiary/aromatic N) is 1. The van der Waals surface area contributed by atoms with Crippen molar-refractivity contribution in [3.8, 4) is 0 Å². The van der Waals surface area contributed by atoms with Gasteiger partial charge in [0.1, 0.15) is 0 Å². The first-order valence-electron chi connectivity index (χ1n) is 5.22. The third kappa shape index (κ3) is 4.67. The lowest BCUT2D eigenvalue weighted by molar-refractivity contribution is 0.281. The highest BCUT2D eigenvalue weighted by molar-refractivity contribution is 7.98. The molecule has 0 aliphatic heterocycles. The number of benzene rings is 1. The van der Waals surface area contributed by atoms with E-state index in [0.717, 1.165) is 10.5 Å². The Morgan fingerprint density at radius 2 is 1.89 bits per heavy atom. The van der Waals surface area contributed by atoms with Crippen molar-refractivity contribution in [3.05, 3.63) is 29.8 Å². The molecule has 7 heteroatoms. The topological polar surface area (TPSA) is 76.0 Å². The lowest BCUT2D eigenvalue weighted by Crippen LogP contribution is -2.11. The molecule has 1 aromatic carbocycles. The van der Waals surface area contributed by atoms with Gasteiger partial charge in [-0.15, -0.1) is 11.8 Å². The second kappa shape index (κ2) is 6.21. The molecule has 1 rings (SSSR count). The molecule has 0 saturated carbocycles. The van der Waals surface area contributed by atoms with E-state index in [9.17, 15) is 8.42 Å². The largest absolute Gasteiger partial charge is 0.466 e. The molecule has 0 aromatic heterocycles. The van der Waals surface area contributed by atoms with Crippen molar-refractivity contribution in [1.29, 1.82) is 0 Å². The highest BCUT2D eigenvalue weighted by atomic mass is 32.3. The smallest absolute Gasteiger partial charge is 0.253 e. The summed E-state index contributed by atoms with van der Waals surface area (Å²) in [6.07, 6.45) is 1.97. The van der Waals surface area contributed by atoms with E-state index in [1.54, 1.807) is 11.8 Å². The monoisotopic (exact) mass is 289 g/mol. The van der Waals surface area contributed by atoms with Gasteiger partial charge in [0, 0.05) is 4.90 Å². The molecule has 0 saturated heterocycles. The third-order valence-electron chi connectivity index (χ3n) is 2.16. The fourth-order valence-corrected chi connectivity index (χ4v) is 1.92. The number of oxime groups is 1. The van der Waals surface area contributed by atoms with Crippen LogP contribution >= 0.6 is 11.8 Å². The molecule has 5 nitrogen and oxygen atoms in total. The molecule has 18 heavy (non-hydrogen) atoms. The number of rotatable bonds is 5. The van der Waals surface area contributed by atoms with Gasteiger partial charge in [0.2, 0.25) is 0 Å². The van der Waals surface area contributed by atoms with Gasteiger partial charge < -0.3 is 0 Å². The minimum Gasteiger partial charge on any atom is -0.253 e. The zero-order valence-corrected chi connectivity index (χ0v) is 12.0. The van der Waals surface area contributed by atoms with Crippen molar-refractivity contribution >= 4 is 27.9 Å². The highest BCUT2D eigenvalue weighted by Gasteiger charge is 2.12. The Morgan fingerprint density at radius 3 is 2.28 bits per heavy atom. The number of hydrogen-bond acceptors (Lipinski definition) is 5.